The van der Waals surface area contributed by atoms with Gasteiger partial charge in [-0.05, 0) is 54.7 Å². The summed E-state index contributed by atoms with van der Waals surface area (Å²) in [5.41, 5.74) is -5.08. The molecule has 160 valence electrons. The van der Waals surface area contributed by atoms with Gasteiger partial charge in [0.25, 0.3) is 0 Å². The highest BCUT2D eigenvalue weighted by Gasteiger charge is 2.75. The van der Waals surface area contributed by atoms with Gasteiger partial charge in [-0.25, -0.2) is 4.39 Å². The van der Waals surface area contributed by atoms with E-state index in [-0.39, 0.29) is 30.1 Å². The average Bonchev–Trinajstić information content (AvgIpc) is 2.85. The molecule has 0 aliphatic heterocycles. The Hall–Kier alpha value is -1.05. The minimum Gasteiger partial charge on any atom is -0.392 e. The van der Waals surface area contributed by atoms with Gasteiger partial charge in [-0.3, -0.25) is 14.0 Å². The standard InChI is InChI=1S/C22H28F2O4S/c1-11-6-13-14-8-16(24)15-7-12(25)4-5-19(15,2)21(14,10-23)17(26)9-20(13,3)22(11,28)18(27)29/h4-5,7,11,13-14,16-17,26,28H,6,8-10H2,1-3H3,(H,27,29)/t11-,13?,14?,16+,17+,19?,20?,21-,22+/m1/s1. The minimum atomic E-state index is -1.77. The lowest BCUT2D eigenvalue weighted by Crippen LogP contribution is -2.69. The number of hydrogen-bond acceptors (Lipinski definition) is 4. The zero-order valence-corrected chi connectivity index (χ0v) is 17.8. The third kappa shape index (κ3) is 2.22. The summed E-state index contributed by atoms with van der Waals surface area (Å²) in [5.74, 6) is -1.75. The zero-order valence-electron chi connectivity index (χ0n) is 16.9. The lowest BCUT2D eigenvalue weighted by Gasteiger charge is -2.66. The fraction of sp³-hybridized carbons (Fsp3) is 0.727. The number of hydrogen-bond donors (Lipinski definition) is 3. The van der Waals surface area contributed by atoms with Crippen molar-refractivity contribution in [3.63, 3.8) is 0 Å². The Bertz CT molecular complexity index is 843. The molecular formula is C22H28F2O4S. The molecule has 0 bridgehead atoms. The summed E-state index contributed by atoms with van der Waals surface area (Å²) < 4.78 is 30.3. The van der Waals surface area contributed by atoms with Gasteiger partial charge in [-0.2, -0.15) is 0 Å². The third-order valence-electron chi connectivity index (χ3n) is 9.16. The fourth-order valence-corrected chi connectivity index (χ4v) is 8.01. The van der Waals surface area contributed by atoms with Crippen LogP contribution in [0.1, 0.15) is 40.0 Å². The molecule has 2 N–H and O–H groups in total. The van der Waals surface area contributed by atoms with E-state index in [2.05, 4.69) is 12.6 Å². The van der Waals surface area contributed by atoms with Crippen LogP contribution in [0.3, 0.4) is 0 Å². The van der Waals surface area contributed by atoms with Gasteiger partial charge in [0.1, 0.15) is 11.8 Å². The number of fused-ring (bicyclic) bond motifs is 5. The summed E-state index contributed by atoms with van der Waals surface area (Å²) >= 11 is 3.94. The van der Waals surface area contributed by atoms with Crippen LogP contribution in [0.5, 0.6) is 0 Å². The second kappa shape index (κ2) is 6.24. The van der Waals surface area contributed by atoms with Crippen molar-refractivity contribution in [2.45, 2.75) is 57.9 Å². The van der Waals surface area contributed by atoms with Gasteiger partial charge in [0, 0.05) is 16.2 Å². The maximum atomic E-state index is 15.4. The number of aliphatic hydroxyl groups excluding tert-OH is 1. The van der Waals surface area contributed by atoms with E-state index in [1.165, 1.54) is 12.2 Å². The summed E-state index contributed by atoms with van der Waals surface area (Å²) in [6, 6.07) is 0. The molecule has 4 aliphatic rings. The number of halogens is 2. The van der Waals surface area contributed by atoms with Crippen molar-refractivity contribution in [1.82, 2.24) is 0 Å². The van der Waals surface area contributed by atoms with E-state index >= 15 is 4.39 Å². The van der Waals surface area contributed by atoms with Crippen LogP contribution in [-0.4, -0.2) is 45.7 Å². The molecule has 0 heterocycles. The Morgan fingerprint density at radius 1 is 1.31 bits per heavy atom. The molecule has 0 saturated heterocycles. The molecular weight excluding hydrogens is 398 g/mol. The lowest BCUT2D eigenvalue weighted by atomic mass is 9.39. The van der Waals surface area contributed by atoms with Crippen LogP contribution in [0.25, 0.3) is 0 Å². The predicted octanol–water partition coefficient (Wildman–Crippen LogP) is 2.99. The van der Waals surface area contributed by atoms with Crippen LogP contribution >= 0.6 is 12.6 Å². The number of alkyl halides is 2. The molecule has 0 radical (unpaired) electrons. The first-order valence-corrected chi connectivity index (χ1v) is 10.6. The van der Waals surface area contributed by atoms with Crippen molar-refractivity contribution in [2.24, 2.45) is 34.0 Å². The van der Waals surface area contributed by atoms with Gasteiger partial charge in [0.2, 0.25) is 5.12 Å². The highest BCUT2D eigenvalue weighted by molar-refractivity contribution is 7.96. The fourth-order valence-electron chi connectivity index (χ4n) is 7.54. The molecule has 0 spiro atoms. The van der Waals surface area contributed by atoms with Gasteiger partial charge in [-0.1, -0.05) is 26.8 Å². The molecule has 4 unspecified atom stereocenters. The first-order chi connectivity index (χ1) is 13.4. The summed E-state index contributed by atoms with van der Waals surface area (Å²) in [6.07, 6.45) is 1.81. The second-order valence-corrected chi connectivity index (χ2v) is 10.4. The van der Waals surface area contributed by atoms with Gasteiger partial charge >= 0.3 is 0 Å². The van der Waals surface area contributed by atoms with Gasteiger partial charge in [0.05, 0.1) is 12.8 Å². The molecule has 3 fully saturated rings. The number of ketones is 1. The maximum absolute atomic E-state index is 15.4. The van der Waals surface area contributed by atoms with Crippen LogP contribution in [0.15, 0.2) is 23.8 Å². The SMILES string of the molecule is C[C@@H]1CC2C3C[C@H](F)C4=CC(=O)C=CC4(C)[C@@]3(CF)[C@@H](O)CC2(C)[C@@]1(O)C(=O)S. The van der Waals surface area contributed by atoms with Crippen LogP contribution in [0, 0.1) is 34.0 Å². The summed E-state index contributed by atoms with van der Waals surface area (Å²) in [6.45, 7) is 4.30. The number of allylic oxidation sites excluding steroid dienone is 4. The predicted molar refractivity (Wildman–Crippen MR) is 107 cm³/mol. The highest BCUT2D eigenvalue weighted by atomic mass is 32.1. The molecule has 29 heavy (non-hydrogen) atoms. The molecule has 0 aromatic heterocycles. The van der Waals surface area contributed by atoms with Crippen molar-refractivity contribution in [1.29, 1.82) is 0 Å². The number of rotatable bonds is 2. The van der Waals surface area contributed by atoms with E-state index < -0.39 is 57.7 Å². The highest BCUT2D eigenvalue weighted by Crippen LogP contribution is 2.73. The summed E-state index contributed by atoms with van der Waals surface area (Å²) in [7, 11) is 0. The summed E-state index contributed by atoms with van der Waals surface area (Å²) in [4.78, 5) is 24.3. The van der Waals surface area contributed by atoms with Crippen molar-refractivity contribution >= 4 is 23.5 Å². The molecule has 0 amide bonds. The maximum Gasteiger partial charge on any atom is 0.218 e. The number of aliphatic hydroxyl groups is 2. The molecule has 4 aliphatic carbocycles. The van der Waals surface area contributed by atoms with Crippen molar-refractivity contribution in [3.8, 4) is 0 Å². The van der Waals surface area contributed by atoms with E-state index in [0.29, 0.717) is 6.42 Å². The van der Waals surface area contributed by atoms with Gasteiger partial charge in [0.15, 0.2) is 5.78 Å². The molecule has 7 heteroatoms. The molecule has 4 nitrogen and oxygen atoms in total. The van der Waals surface area contributed by atoms with E-state index in [1.807, 2.05) is 0 Å². The Balaban J connectivity index is 1.92. The Labute approximate surface area is 174 Å². The molecule has 4 rings (SSSR count). The topological polar surface area (TPSA) is 74.6 Å². The first-order valence-electron chi connectivity index (χ1n) is 10.2. The third-order valence-corrected chi connectivity index (χ3v) is 9.50. The van der Waals surface area contributed by atoms with E-state index in [4.69, 9.17) is 0 Å². The van der Waals surface area contributed by atoms with Gasteiger partial charge < -0.3 is 10.2 Å². The molecule has 9 atom stereocenters. The average molecular weight is 427 g/mol. The Morgan fingerprint density at radius 2 is 1.97 bits per heavy atom. The summed E-state index contributed by atoms with van der Waals surface area (Å²) in [5, 5.41) is 22.1. The van der Waals surface area contributed by atoms with E-state index in [9.17, 15) is 24.2 Å². The van der Waals surface area contributed by atoms with Crippen LogP contribution in [0.4, 0.5) is 8.78 Å². The lowest BCUT2D eigenvalue weighted by molar-refractivity contribution is -0.220. The zero-order chi connectivity index (χ0) is 21.6. The van der Waals surface area contributed by atoms with Gasteiger partial charge in [-0.15, -0.1) is 12.6 Å². The molecule has 0 aromatic carbocycles. The van der Waals surface area contributed by atoms with Crippen LogP contribution in [0.2, 0.25) is 0 Å². The second-order valence-electron chi connectivity index (χ2n) is 9.97. The van der Waals surface area contributed by atoms with Crippen molar-refractivity contribution in [2.75, 3.05) is 6.67 Å². The minimum absolute atomic E-state index is 0.00678. The quantitative estimate of drug-likeness (QED) is 0.594. The Morgan fingerprint density at radius 3 is 2.55 bits per heavy atom. The largest absolute Gasteiger partial charge is 0.392 e. The number of thiol groups is 1. The normalized spacial score (nSPS) is 53.7. The number of carbonyl (C=O) groups excluding carboxylic acids is 2. The molecule has 0 aromatic rings. The monoisotopic (exact) mass is 426 g/mol. The van der Waals surface area contributed by atoms with Crippen LogP contribution < -0.4 is 0 Å². The molecule has 3 saturated carbocycles. The van der Waals surface area contributed by atoms with E-state index in [0.717, 1.165) is 0 Å². The van der Waals surface area contributed by atoms with Crippen molar-refractivity contribution in [3.05, 3.63) is 23.8 Å². The first kappa shape index (κ1) is 21.2. The van der Waals surface area contributed by atoms with Crippen LogP contribution in [-0.2, 0) is 9.59 Å². The van der Waals surface area contributed by atoms with Crippen molar-refractivity contribution < 1.29 is 28.6 Å². The smallest absolute Gasteiger partial charge is 0.218 e. The van der Waals surface area contributed by atoms with E-state index in [1.54, 1.807) is 26.8 Å². The Kier molecular flexibility index (Phi) is 4.56. The number of carbonyl (C=O) groups is 2.